The number of benzene rings is 1. The summed E-state index contributed by atoms with van der Waals surface area (Å²) in [5.74, 6) is 1.69. The summed E-state index contributed by atoms with van der Waals surface area (Å²) in [6.07, 6.45) is 6.57. The normalized spacial score (nSPS) is 19.8. The number of piperidine rings is 1. The van der Waals surface area contributed by atoms with Gasteiger partial charge in [-0.25, -0.2) is 4.98 Å². The molecule has 1 aliphatic rings. The smallest absolute Gasteiger partial charge is 0.110 e. The van der Waals surface area contributed by atoms with Crippen molar-refractivity contribution in [3.05, 3.63) is 53.7 Å². The predicted octanol–water partition coefficient (Wildman–Crippen LogP) is 3.58. The molecule has 1 aromatic carbocycles. The van der Waals surface area contributed by atoms with Crippen LogP contribution in [0.3, 0.4) is 0 Å². The van der Waals surface area contributed by atoms with Gasteiger partial charge in [-0.15, -0.1) is 0 Å². The van der Waals surface area contributed by atoms with Crippen molar-refractivity contribution in [2.24, 2.45) is 0 Å². The average molecular weight is 294 g/mol. The van der Waals surface area contributed by atoms with Crippen LogP contribution in [0.25, 0.3) is 10.9 Å². The second-order valence-corrected chi connectivity index (χ2v) is 6.39. The van der Waals surface area contributed by atoms with Crippen molar-refractivity contribution < 1.29 is 0 Å². The van der Waals surface area contributed by atoms with Crippen molar-refractivity contribution in [2.75, 3.05) is 13.1 Å². The molecule has 0 radical (unpaired) electrons. The number of H-pyrrole nitrogens is 2. The molecule has 114 valence electrons. The molecule has 0 spiro atoms. The third kappa shape index (κ3) is 2.55. The number of aromatic amines is 2. The standard InChI is InChI=1S/C18H22N4/c1-13-9-20-18(21-13)14-5-4-8-22(11-14)12-15-10-19-17-7-3-2-6-16(15)17/h2-3,6-7,9-10,14,19H,4-5,8,11-12H2,1H3,(H,20,21). The lowest BCUT2D eigenvalue weighted by molar-refractivity contribution is 0.197. The predicted molar refractivity (Wildman–Crippen MR) is 88.9 cm³/mol. The van der Waals surface area contributed by atoms with Gasteiger partial charge in [0.2, 0.25) is 0 Å². The van der Waals surface area contributed by atoms with Crippen molar-refractivity contribution in [3.8, 4) is 0 Å². The number of nitrogens with one attached hydrogen (secondary N) is 2. The number of hydrogen-bond donors (Lipinski definition) is 2. The van der Waals surface area contributed by atoms with Crippen LogP contribution < -0.4 is 0 Å². The Balaban J connectivity index is 1.51. The maximum absolute atomic E-state index is 4.53. The van der Waals surface area contributed by atoms with Crippen molar-refractivity contribution in [1.29, 1.82) is 0 Å². The number of rotatable bonds is 3. The first-order valence-corrected chi connectivity index (χ1v) is 8.08. The van der Waals surface area contributed by atoms with E-state index in [4.69, 9.17) is 0 Å². The van der Waals surface area contributed by atoms with E-state index in [1.165, 1.54) is 35.9 Å². The van der Waals surface area contributed by atoms with Crippen LogP contribution >= 0.6 is 0 Å². The highest BCUT2D eigenvalue weighted by atomic mass is 15.1. The van der Waals surface area contributed by atoms with E-state index in [-0.39, 0.29) is 0 Å². The minimum absolute atomic E-state index is 0.535. The van der Waals surface area contributed by atoms with Crippen LogP contribution in [0.1, 0.15) is 35.8 Å². The molecule has 0 bridgehead atoms. The number of nitrogens with zero attached hydrogens (tertiary/aromatic N) is 2. The van der Waals surface area contributed by atoms with Gasteiger partial charge in [-0.3, -0.25) is 4.90 Å². The van der Waals surface area contributed by atoms with Crippen molar-refractivity contribution in [1.82, 2.24) is 19.9 Å². The largest absolute Gasteiger partial charge is 0.361 e. The van der Waals surface area contributed by atoms with Crippen molar-refractivity contribution in [3.63, 3.8) is 0 Å². The van der Waals surface area contributed by atoms with E-state index in [2.05, 4.69) is 57.2 Å². The Hall–Kier alpha value is -2.07. The van der Waals surface area contributed by atoms with E-state index in [0.717, 1.165) is 24.6 Å². The van der Waals surface area contributed by atoms with Gasteiger partial charge in [0.05, 0.1) is 0 Å². The van der Waals surface area contributed by atoms with Crippen LogP contribution in [0.4, 0.5) is 0 Å². The van der Waals surface area contributed by atoms with E-state index >= 15 is 0 Å². The van der Waals surface area contributed by atoms with Gasteiger partial charge < -0.3 is 9.97 Å². The summed E-state index contributed by atoms with van der Waals surface area (Å²) >= 11 is 0. The maximum Gasteiger partial charge on any atom is 0.110 e. The molecule has 1 saturated heterocycles. The zero-order chi connectivity index (χ0) is 14.9. The van der Waals surface area contributed by atoms with Crippen molar-refractivity contribution in [2.45, 2.75) is 32.2 Å². The molecule has 4 rings (SSSR count). The quantitative estimate of drug-likeness (QED) is 0.775. The fraction of sp³-hybridized carbons (Fsp3) is 0.389. The first kappa shape index (κ1) is 13.6. The average Bonchev–Trinajstić information content (AvgIpc) is 3.15. The first-order chi connectivity index (χ1) is 10.8. The highest BCUT2D eigenvalue weighted by molar-refractivity contribution is 5.82. The second-order valence-electron chi connectivity index (χ2n) is 6.39. The van der Waals surface area contributed by atoms with Gasteiger partial charge in [0.25, 0.3) is 0 Å². The fourth-order valence-corrected chi connectivity index (χ4v) is 3.57. The summed E-state index contributed by atoms with van der Waals surface area (Å²) < 4.78 is 0. The maximum atomic E-state index is 4.53. The minimum Gasteiger partial charge on any atom is -0.361 e. The molecule has 1 atom stereocenters. The number of aromatic nitrogens is 3. The summed E-state index contributed by atoms with van der Waals surface area (Å²) in [4.78, 5) is 13.9. The fourth-order valence-electron chi connectivity index (χ4n) is 3.57. The Kier molecular flexibility index (Phi) is 3.47. The first-order valence-electron chi connectivity index (χ1n) is 8.08. The lowest BCUT2D eigenvalue weighted by Crippen LogP contribution is -2.34. The van der Waals surface area contributed by atoms with Crippen LogP contribution in [-0.4, -0.2) is 32.9 Å². The van der Waals surface area contributed by atoms with Crippen LogP contribution in [0.15, 0.2) is 36.7 Å². The number of likely N-dealkylation sites (tertiary alicyclic amines) is 1. The number of imidazole rings is 1. The molecule has 1 unspecified atom stereocenters. The molecule has 0 aliphatic carbocycles. The molecule has 3 heterocycles. The van der Waals surface area contributed by atoms with Gasteiger partial charge >= 0.3 is 0 Å². The van der Waals surface area contributed by atoms with Gasteiger partial charge in [0, 0.05) is 48.0 Å². The Morgan fingerprint density at radius 3 is 3.09 bits per heavy atom. The monoisotopic (exact) mass is 294 g/mol. The molecule has 1 aliphatic heterocycles. The molecule has 0 saturated carbocycles. The SMILES string of the molecule is Cc1cnc(C2CCCN(Cc3c[nH]c4ccccc34)C2)[nH]1. The Labute approximate surface area is 130 Å². The van der Waals surface area contributed by atoms with E-state index < -0.39 is 0 Å². The number of para-hydroxylation sites is 1. The third-order valence-electron chi connectivity index (χ3n) is 4.68. The van der Waals surface area contributed by atoms with Crippen LogP contribution in [0, 0.1) is 6.92 Å². The highest BCUT2D eigenvalue weighted by Crippen LogP contribution is 2.27. The number of aryl methyl sites for hydroxylation is 1. The molecular formula is C18H22N4. The summed E-state index contributed by atoms with van der Waals surface area (Å²) in [6.45, 7) is 5.35. The lowest BCUT2D eigenvalue weighted by Gasteiger charge is -2.31. The van der Waals surface area contributed by atoms with Crippen molar-refractivity contribution >= 4 is 10.9 Å². The van der Waals surface area contributed by atoms with Crippen LogP contribution in [0.2, 0.25) is 0 Å². The number of fused-ring (bicyclic) bond motifs is 1. The topological polar surface area (TPSA) is 47.7 Å². The van der Waals surface area contributed by atoms with E-state index in [1.807, 2.05) is 6.20 Å². The Bertz CT molecular complexity index is 770. The molecule has 2 N–H and O–H groups in total. The molecule has 1 fully saturated rings. The molecule has 4 nitrogen and oxygen atoms in total. The molecule has 2 aromatic heterocycles. The molecule has 0 amide bonds. The second kappa shape index (κ2) is 5.61. The highest BCUT2D eigenvalue weighted by Gasteiger charge is 2.23. The van der Waals surface area contributed by atoms with Gasteiger partial charge in [-0.05, 0) is 37.9 Å². The van der Waals surface area contributed by atoms with E-state index in [1.54, 1.807) is 0 Å². The van der Waals surface area contributed by atoms with Gasteiger partial charge in [-0.1, -0.05) is 18.2 Å². The van der Waals surface area contributed by atoms with Crippen LogP contribution in [0.5, 0.6) is 0 Å². The summed E-state index contributed by atoms with van der Waals surface area (Å²) in [7, 11) is 0. The zero-order valence-corrected chi connectivity index (χ0v) is 13.0. The van der Waals surface area contributed by atoms with Gasteiger partial charge in [-0.2, -0.15) is 0 Å². The molecular weight excluding hydrogens is 272 g/mol. The lowest BCUT2D eigenvalue weighted by atomic mass is 9.97. The van der Waals surface area contributed by atoms with E-state index in [9.17, 15) is 0 Å². The van der Waals surface area contributed by atoms with Gasteiger partial charge in [0.15, 0.2) is 0 Å². The number of hydrogen-bond acceptors (Lipinski definition) is 2. The summed E-state index contributed by atoms with van der Waals surface area (Å²) in [5, 5.41) is 1.35. The van der Waals surface area contributed by atoms with E-state index in [0.29, 0.717) is 5.92 Å². The Morgan fingerprint density at radius 2 is 2.23 bits per heavy atom. The molecule has 3 aromatic rings. The van der Waals surface area contributed by atoms with Gasteiger partial charge in [0.1, 0.15) is 5.82 Å². The van der Waals surface area contributed by atoms with Crippen LogP contribution in [-0.2, 0) is 6.54 Å². The summed E-state index contributed by atoms with van der Waals surface area (Å²) in [6, 6.07) is 8.55. The zero-order valence-electron chi connectivity index (χ0n) is 13.0. The third-order valence-corrected chi connectivity index (χ3v) is 4.68. The minimum atomic E-state index is 0.535. The summed E-state index contributed by atoms with van der Waals surface area (Å²) in [5.41, 5.74) is 3.78. The molecule has 4 heteroatoms. The Morgan fingerprint density at radius 1 is 1.32 bits per heavy atom. The molecule has 22 heavy (non-hydrogen) atoms.